The number of hydrogen-bond acceptors (Lipinski definition) is 4. The van der Waals surface area contributed by atoms with Gasteiger partial charge in [-0.2, -0.15) is 0 Å². The maximum absolute atomic E-state index is 12.7. The van der Waals surface area contributed by atoms with Gasteiger partial charge in [-0.1, -0.05) is 32.0 Å². The maximum atomic E-state index is 12.7. The molecule has 0 aliphatic carbocycles. The second kappa shape index (κ2) is 7.63. The number of alkyl halides is 3. The number of fused-ring (bicyclic) bond motifs is 1. The number of nitrogens with zero attached hydrogens (tertiary/aromatic N) is 2. The van der Waals surface area contributed by atoms with Crippen molar-refractivity contribution in [2.24, 2.45) is 0 Å². The molecule has 148 valence electrons. The number of benzene rings is 2. The molecule has 2 aromatic carbocycles. The normalized spacial score (nSPS) is 12.0. The number of rotatable bonds is 5. The minimum absolute atomic E-state index is 0.0854. The maximum Gasteiger partial charge on any atom is 0.573 e. The lowest BCUT2D eigenvalue weighted by molar-refractivity contribution is -0.274. The molecule has 0 unspecified atom stereocenters. The van der Waals surface area contributed by atoms with Crippen molar-refractivity contribution < 1.29 is 23.0 Å². The summed E-state index contributed by atoms with van der Waals surface area (Å²) in [5.41, 5.74) is 2.29. The van der Waals surface area contributed by atoms with Crippen molar-refractivity contribution in [1.82, 2.24) is 9.55 Å². The second-order valence-electron chi connectivity index (χ2n) is 6.61. The van der Waals surface area contributed by atoms with Gasteiger partial charge in [0.2, 0.25) is 0 Å². The van der Waals surface area contributed by atoms with Gasteiger partial charge in [0.1, 0.15) is 11.4 Å². The van der Waals surface area contributed by atoms with E-state index in [9.17, 15) is 23.1 Å². The largest absolute Gasteiger partial charge is 0.573 e. The van der Waals surface area contributed by atoms with E-state index in [0.29, 0.717) is 27.9 Å². The van der Waals surface area contributed by atoms with Gasteiger partial charge >= 0.3 is 6.36 Å². The molecule has 8 heteroatoms. The van der Waals surface area contributed by atoms with E-state index in [2.05, 4.69) is 9.72 Å². The highest BCUT2D eigenvalue weighted by atomic mass is 19.4. The summed E-state index contributed by atoms with van der Waals surface area (Å²) >= 11 is 0. The Balaban J connectivity index is 2.14. The van der Waals surface area contributed by atoms with Crippen LogP contribution in [0.5, 0.6) is 5.75 Å². The average Bonchev–Trinajstić information content (AvgIpc) is 2.62. The molecule has 5 nitrogen and oxygen atoms in total. The number of ether oxygens (including phenoxy) is 1. The van der Waals surface area contributed by atoms with E-state index in [1.54, 1.807) is 24.3 Å². The van der Waals surface area contributed by atoms with Crippen LogP contribution in [0.4, 0.5) is 13.2 Å². The van der Waals surface area contributed by atoms with Gasteiger partial charge in [0.25, 0.3) is 5.56 Å². The molecule has 3 rings (SSSR count). The zero-order chi connectivity index (χ0) is 20.5. The van der Waals surface area contributed by atoms with E-state index in [-0.39, 0.29) is 30.4 Å². The van der Waals surface area contributed by atoms with Crippen molar-refractivity contribution in [1.29, 1.82) is 0 Å². The number of halogens is 3. The third-order valence-corrected chi connectivity index (χ3v) is 4.24. The van der Waals surface area contributed by atoms with Crippen molar-refractivity contribution >= 4 is 11.0 Å². The Morgan fingerprint density at radius 1 is 1.14 bits per heavy atom. The molecule has 0 spiro atoms. The molecule has 0 fully saturated rings. The molecule has 28 heavy (non-hydrogen) atoms. The SMILES string of the molecule is CC(C)c1nc2ccc(-c3cccc(OC(F)(F)F)c3)cc2n(CCO)c1=O. The molecule has 1 aromatic heterocycles. The van der Waals surface area contributed by atoms with Crippen LogP contribution >= 0.6 is 0 Å². The van der Waals surface area contributed by atoms with Crippen LogP contribution in [0, 0.1) is 0 Å². The van der Waals surface area contributed by atoms with Gasteiger partial charge in [-0.3, -0.25) is 4.79 Å². The first-order valence-corrected chi connectivity index (χ1v) is 8.71. The minimum Gasteiger partial charge on any atom is -0.406 e. The standard InChI is InChI=1S/C20H19F3N2O3/c1-12(2)18-19(27)25(8-9-26)17-11-14(6-7-16(17)24-18)13-4-3-5-15(10-13)28-20(21,22)23/h3-7,10-12,26H,8-9H2,1-2H3. The highest BCUT2D eigenvalue weighted by Crippen LogP contribution is 2.29. The van der Waals surface area contributed by atoms with E-state index in [1.807, 2.05) is 13.8 Å². The molecule has 0 amide bonds. The monoisotopic (exact) mass is 392 g/mol. The van der Waals surface area contributed by atoms with Gasteiger partial charge in [-0.05, 0) is 35.4 Å². The van der Waals surface area contributed by atoms with Crippen molar-refractivity contribution in [2.75, 3.05) is 6.61 Å². The quantitative estimate of drug-likeness (QED) is 0.711. The summed E-state index contributed by atoms with van der Waals surface area (Å²) in [6, 6.07) is 10.7. The predicted molar refractivity (Wildman–Crippen MR) is 99.3 cm³/mol. The van der Waals surface area contributed by atoms with Gasteiger partial charge in [-0.15, -0.1) is 13.2 Å². The summed E-state index contributed by atoms with van der Waals surface area (Å²) in [4.78, 5) is 17.1. The smallest absolute Gasteiger partial charge is 0.406 e. The van der Waals surface area contributed by atoms with Crippen LogP contribution in [-0.4, -0.2) is 27.6 Å². The first-order valence-electron chi connectivity index (χ1n) is 8.71. The fourth-order valence-electron chi connectivity index (χ4n) is 3.01. The number of hydrogen-bond donors (Lipinski definition) is 1. The van der Waals surface area contributed by atoms with E-state index >= 15 is 0 Å². The molecule has 1 N–H and O–H groups in total. The van der Waals surface area contributed by atoms with Gasteiger partial charge in [0.15, 0.2) is 0 Å². The molecular weight excluding hydrogens is 373 g/mol. The van der Waals surface area contributed by atoms with Crippen LogP contribution < -0.4 is 10.3 Å². The van der Waals surface area contributed by atoms with Crippen LogP contribution in [0.1, 0.15) is 25.5 Å². The lowest BCUT2D eigenvalue weighted by Gasteiger charge is -2.14. The first kappa shape index (κ1) is 19.9. The summed E-state index contributed by atoms with van der Waals surface area (Å²) in [6.07, 6.45) is -4.78. The average molecular weight is 392 g/mol. The van der Waals surface area contributed by atoms with E-state index in [0.717, 1.165) is 0 Å². The van der Waals surface area contributed by atoms with Crippen molar-refractivity contribution in [3.05, 3.63) is 58.5 Å². The molecule has 0 aliphatic heterocycles. The van der Waals surface area contributed by atoms with Crippen molar-refractivity contribution in [3.63, 3.8) is 0 Å². The summed E-state index contributed by atoms with van der Waals surface area (Å²) < 4.78 is 42.8. The van der Waals surface area contributed by atoms with Crippen LogP contribution in [0.25, 0.3) is 22.2 Å². The molecule has 0 atom stereocenters. The molecular formula is C20H19F3N2O3. The summed E-state index contributed by atoms with van der Waals surface area (Å²) in [5, 5.41) is 9.36. The van der Waals surface area contributed by atoms with Gasteiger partial charge < -0.3 is 14.4 Å². The van der Waals surface area contributed by atoms with Crippen LogP contribution in [0.2, 0.25) is 0 Å². The third kappa shape index (κ3) is 4.17. The molecule has 1 heterocycles. The van der Waals surface area contributed by atoms with Gasteiger partial charge in [0, 0.05) is 12.5 Å². The van der Waals surface area contributed by atoms with E-state index in [1.165, 1.54) is 22.8 Å². The molecule has 0 bridgehead atoms. The Morgan fingerprint density at radius 2 is 1.86 bits per heavy atom. The second-order valence-corrected chi connectivity index (χ2v) is 6.61. The highest BCUT2D eigenvalue weighted by Gasteiger charge is 2.31. The van der Waals surface area contributed by atoms with Crippen LogP contribution in [0.15, 0.2) is 47.3 Å². The molecule has 3 aromatic rings. The third-order valence-electron chi connectivity index (χ3n) is 4.24. The van der Waals surface area contributed by atoms with Gasteiger partial charge in [0.05, 0.1) is 17.6 Å². The number of aromatic nitrogens is 2. The Bertz CT molecular complexity index is 1060. The van der Waals surface area contributed by atoms with Crippen LogP contribution in [0.3, 0.4) is 0 Å². The minimum atomic E-state index is -4.78. The van der Waals surface area contributed by atoms with Crippen molar-refractivity contribution in [2.45, 2.75) is 32.7 Å². The number of aliphatic hydroxyl groups is 1. The molecule has 0 saturated heterocycles. The Morgan fingerprint density at radius 3 is 2.50 bits per heavy atom. The first-order chi connectivity index (χ1) is 13.2. The summed E-state index contributed by atoms with van der Waals surface area (Å²) in [7, 11) is 0. The summed E-state index contributed by atoms with van der Waals surface area (Å²) in [5.74, 6) is -0.413. The molecule has 0 saturated carbocycles. The lowest BCUT2D eigenvalue weighted by atomic mass is 10.0. The Kier molecular flexibility index (Phi) is 5.42. The molecule has 0 aliphatic rings. The highest BCUT2D eigenvalue weighted by molar-refractivity contribution is 5.82. The van der Waals surface area contributed by atoms with Crippen LogP contribution in [-0.2, 0) is 6.54 Å². The predicted octanol–water partition coefficient (Wildman–Crippen LogP) is 4.08. The van der Waals surface area contributed by atoms with Gasteiger partial charge in [-0.25, -0.2) is 4.98 Å². The lowest BCUT2D eigenvalue weighted by Crippen LogP contribution is -2.27. The van der Waals surface area contributed by atoms with E-state index in [4.69, 9.17) is 0 Å². The van der Waals surface area contributed by atoms with Crippen molar-refractivity contribution in [3.8, 4) is 16.9 Å². The fraction of sp³-hybridized carbons (Fsp3) is 0.300. The Labute approximate surface area is 159 Å². The zero-order valence-corrected chi connectivity index (χ0v) is 15.3. The Hall–Kier alpha value is -2.87. The van der Waals surface area contributed by atoms with E-state index < -0.39 is 6.36 Å². The topological polar surface area (TPSA) is 64.3 Å². The zero-order valence-electron chi connectivity index (χ0n) is 15.3. The molecule has 0 radical (unpaired) electrons. The fourth-order valence-corrected chi connectivity index (χ4v) is 3.01. The summed E-state index contributed by atoms with van der Waals surface area (Å²) in [6.45, 7) is 3.59. The number of aliphatic hydroxyl groups excluding tert-OH is 1.